The Morgan fingerprint density at radius 2 is 2.10 bits per heavy atom. The summed E-state index contributed by atoms with van der Waals surface area (Å²) in [4.78, 5) is 0. The molecule has 0 heterocycles. The fraction of sp³-hybridized carbons (Fsp3) is 0.500. The molecule has 0 bridgehead atoms. The van der Waals surface area contributed by atoms with Crippen LogP contribution in [0.2, 0.25) is 0 Å². The first kappa shape index (κ1) is 9.08. The van der Waals surface area contributed by atoms with Gasteiger partial charge < -0.3 is 9.84 Å². The highest BCUT2D eigenvalue weighted by Gasteiger charge is 1.89. The Kier molecular flexibility index (Phi) is 4.46. The highest BCUT2D eigenvalue weighted by molar-refractivity contribution is 4.89. The Morgan fingerprint density at radius 1 is 1.50 bits per heavy atom. The molecule has 0 aliphatic heterocycles. The lowest BCUT2D eigenvalue weighted by molar-refractivity contribution is 0.294. The van der Waals surface area contributed by atoms with Gasteiger partial charge in [-0.2, -0.15) is 0 Å². The van der Waals surface area contributed by atoms with Gasteiger partial charge in [0.15, 0.2) is 0 Å². The van der Waals surface area contributed by atoms with Gasteiger partial charge in [0, 0.05) is 12.8 Å². The van der Waals surface area contributed by atoms with Crippen molar-refractivity contribution < 1.29 is 9.84 Å². The molecule has 1 N–H and O–H groups in total. The molecule has 0 aliphatic rings. The summed E-state index contributed by atoms with van der Waals surface area (Å²) in [5.74, 6) is 0.912. The van der Waals surface area contributed by atoms with Crippen LogP contribution in [0.1, 0.15) is 26.7 Å². The maximum atomic E-state index is 8.90. The predicted octanol–water partition coefficient (Wildman–Crippen LogP) is 2.74. The fourth-order valence-electron chi connectivity index (χ4n) is 0.318. The van der Waals surface area contributed by atoms with Gasteiger partial charge in [0.2, 0.25) is 0 Å². The maximum absolute atomic E-state index is 8.90. The van der Waals surface area contributed by atoms with E-state index in [0.29, 0.717) is 12.2 Å². The summed E-state index contributed by atoms with van der Waals surface area (Å²) in [5, 5.41) is 8.90. The minimum atomic E-state index is 0.245. The van der Waals surface area contributed by atoms with Crippen molar-refractivity contribution in [2.24, 2.45) is 0 Å². The summed E-state index contributed by atoms with van der Waals surface area (Å²) < 4.78 is 4.94. The van der Waals surface area contributed by atoms with Crippen LogP contribution in [0.25, 0.3) is 0 Å². The number of hydrogen-bond donors (Lipinski definition) is 1. The second-order valence-electron chi connectivity index (χ2n) is 1.97. The topological polar surface area (TPSA) is 29.5 Å². The van der Waals surface area contributed by atoms with Gasteiger partial charge in [-0.1, -0.05) is 20.4 Å². The molecule has 2 nitrogen and oxygen atoms in total. The van der Waals surface area contributed by atoms with Crippen molar-refractivity contribution in [1.82, 2.24) is 0 Å². The lowest BCUT2D eigenvalue weighted by atomic mass is 10.4. The Hall–Kier alpha value is -0.920. The first-order chi connectivity index (χ1) is 4.70. The molecule has 0 aromatic carbocycles. The third-order valence-electron chi connectivity index (χ3n) is 1.12. The smallest absolute Gasteiger partial charge is 0.128 e. The molecule has 0 amide bonds. The summed E-state index contributed by atoms with van der Waals surface area (Å²) in [5.41, 5.74) is 0. The summed E-state index contributed by atoms with van der Waals surface area (Å²) in [6, 6.07) is 0. The predicted molar refractivity (Wildman–Crippen MR) is 41.5 cm³/mol. The number of aliphatic hydroxyl groups excluding tert-OH is 1. The summed E-state index contributed by atoms with van der Waals surface area (Å²) in [6.45, 7) is 7.40. The van der Waals surface area contributed by atoms with Crippen molar-refractivity contribution >= 4 is 0 Å². The van der Waals surface area contributed by atoms with Crippen molar-refractivity contribution in [3.05, 3.63) is 24.4 Å². The van der Waals surface area contributed by atoms with E-state index in [4.69, 9.17) is 9.84 Å². The zero-order valence-electron chi connectivity index (χ0n) is 6.55. The zero-order chi connectivity index (χ0) is 7.98. The zero-order valence-corrected chi connectivity index (χ0v) is 6.55. The molecule has 0 aromatic heterocycles. The maximum Gasteiger partial charge on any atom is 0.128 e. The number of rotatable bonds is 4. The number of hydrogen-bond acceptors (Lipinski definition) is 2. The first-order valence-corrected chi connectivity index (χ1v) is 3.43. The second-order valence-corrected chi connectivity index (χ2v) is 1.97. The van der Waals surface area contributed by atoms with Gasteiger partial charge in [0.25, 0.3) is 0 Å². The van der Waals surface area contributed by atoms with Crippen molar-refractivity contribution in [2.45, 2.75) is 26.7 Å². The van der Waals surface area contributed by atoms with E-state index in [0.717, 1.165) is 6.42 Å². The summed E-state index contributed by atoms with van der Waals surface area (Å²) in [6.07, 6.45) is 2.69. The molecular formula is C8H14O2. The Balaban J connectivity index is 3.61. The first-order valence-electron chi connectivity index (χ1n) is 3.43. The molecule has 0 saturated heterocycles. The van der Waals surface area contributed by atoms with Crippen molar-refractivity contribution in [3.8, 4) is 0 Å². The van der Waals surface area contributed by atoms with E-state index in [2.05, 4.69) is 6.58 Å². The third kappa shape index (κ3) is 4.01. The Bertz CT molecular complexity index is 136. The van der Waals surface area contributed by atoms with E-state index >= 15 is 0 Å². The summed E-state index contributed by atoms with van der Waals surface area (Å²) >= 11 is 0. The highest BCUT2D eigenvalue weighted by atomic mass is 16.5. The minimum absolute atomic E-state index is 0.245. The monoisotopic (exact) mass is 142 g/mol. The van der Waals surface area contributed by atoms with Crippen LogP contribution in [-0.4, -0.2) is 5.11 Å². The van der Waals surface area contributed by atoms with Crippen LogP contribution in [0.15, 0.2) is 24.4 Å². The van der Waals surface area contributed by atoms with Gasteiger partial charge in [0.05, 0.1) is 5.76 Å². The van der Waals surface area contributed by atoms with E-state index < -0.39 is 0 Å². The largest absolute Gasteiger partial charge is 0.509 e. The standard InChI is InChI=1S/C8H14O2/c1-4-7(3)10-6-8(9)5-2/h6,9H,3-5H2,1-2H3. The molecule has 0 radical (unpaired) electrons. The molecule has 0 fully saturated rings. The molecule has 0 aliphatic carbocycles. The summed E-state index contributed by atoms with van der Waals surface area (Å²) in [7, 11) is 0. The average Bonchev–Trinajstić information content (AvgIpc) is 1.99. The normalized spacial score (nSPS) is 11.2. The lowest BCUT2D eigenvalue weighted by Gasteiger charge is -2.00. The van der Waals surface area contributed by atoms with Gasteiger partial charge in [-0.15, -0.1) is 0 Å². The quantitative estimate of drug-likeness (QED) is 0.611. The van der Waals surface area contributed by atoms with Crippen LogP contribution >= 0.6 is 0 Å². The molecule has 0 unspecified atom stereocenters. The van der Waals surface area contributed by atoms with Gasteiger partial charge in [-0.05, 0) is 0 Å². The van der Waals surface area contributed by atoms with Gasteiger partial charge in [0.1, 0.15) is 12.0 Å². The molecule has 0 aromatic rings. The van der Waals surface area contributed by atoms with Crippen LogP contribution in [0, 0.1) is 0 Å². The number of ether oxygens (including phenoxy) is 1. The Labute approximate surface area is 61.8 Å². The average molecular weight is 142 g/mol. The Morgan fingerprint density at radius 3 is 2.50 bits per heavy atom. The van der Waals surface area contributed by atoms with E-state index in [-0.39, 0.29) is 5.76 Å². The number of allylic oxidation sites excluding steroid dienone is 2. The van der Waals surface area contributed by atoms with Crippen LogP contribution in [0.5, 0.6) is 0 Å². The van der Waals surface area contributed by atoms with E-state index in [9.17, 15) is 0 Å². The van der Waals surface area contributed by atoms with Crippen LogP contribution in [-0.2, 0) is 4.74 Å². The van der Waals surface area contributed by atoms with Crippen molar-refractivity contribution in [2.75, 3.05) is 0 Å². The molecular weight excluding hydrogens is 128 g/mol. The fourth-order valence-corrected chi connectivity index (χ4v) is 0.318. The molecule has 0 atom stereocenters. The van der Waals surface area contributed by atoms with Gasteiger partial charge >= 0.3 is 0 Å². The van der Waals surface area contributed by atoms with Crippen molar-refractivity contribution in [1.29, 1.82) is 0 Å². The van der Waals surface area contributed by atoms with Crippen LogP contribution in [0.3, 0.4) is 0 Å². The molecule has 0 spiro atoms. The minimum Gasteiger partial charge on any atom is -0.509 e. The molecule has 0 saturated carbocycles. The molecule has 58 valence electrons. The lowest BCUT2D eigenvalue weighted by Crippen LogP contribution is -1.83. The van der Waals surface area contributed by atoms with Crippen LogP contribution < -0.4 is 0 Å². The second kappa shape index (κ2) is 4.91. The van der Waals surface area contributed by atoms with Gasteiger partial charge in [-0.25, -0.2) is 0 Å². The van der Waals surface area contributed by atoms with E-state index in [1.54, 1.807) is 0 Å². The SMILES string of the molecule is C=C(CC)OC=C(O)CC. The van der Waals surface area contributed by atoms with Crippen molar-refractivity contribution in [3.63, 3.8) is 0 Å². The molecule has 2 heteroatoms. The molecule has 10 heavy (non-hydrogen) atoms. The molecule has 0 rings (SSSR count). The third-order valence-corrected chi connectivity index (χ3v) is 1.12. The van der Waals surface area contributed by atoms with E-state index in [1.165, 1.54) is 6.26 Å². The van der Waals surface area contributed by atoms with Crippen LogP contribution in [0.4, 0.5) is 0 Å². The highest BCUT2D eigenvalue weighted by Crippen LogP contribution is 2.02. The van der Waals surface area contributed by atoms with E-state index in [1.807, 2.05) is 13.8 Å². The van der Waals surface area contributed by atoms with Gasteiger partial charge in [-0.3, -0.25) is 0 Å². The number of aliphatic hydroxyl groups is 1.